The molecule has 26 heavy (non-hydrogen) atoms. The molecule has 0 aliphatic rings. The van der Waals surface area contributed by atoms with Gasteiger partial charge in [0.25, 0.3) is 5.91 Å². The van der Waals surface area contributed by atoms with E-state index in [1.54, 1.807) is 55.6 Å². The van der Waals surface area contributed by atoms with Crippen LogP contribution in [0.25, 0.3) is 0 Å². The normalized spacial score (nSPS) is 11.0. The van der Waals surface area contributed by atoms with Crippen molar-refractivity contribution in [1.82, 2.24) is 10.6 Å². The van der Waals surface area contributed by atoms with Gasteiger partial charge in [0.1, 0.15) is 0 Å². The fourth-order valence-electron chi connectivity index (χ4n) is 2.30. The number of carbonyl (C=O) groups excluding carboxylic acids is 2. The molecule has 2 aromatic rings. The third-order valence-corrected chi connectivity index (χ3v) is 5.64. The summed E-state index contributed by atoms with van der Waals surface area (Å²) in [6.45, 7) is 2.16. The number of aryl methyl sites for hydroxylation is 1. The highest BCUT2D eigenvalue weighted by molar-refractivity contribution is 7.91. The van der Waals surface area contributed by atoms with Crippen LogP contribution < -0.4 is 10.6 Å². The molecule has 0 aliphatic heterocycles. The number of amides is 2. The lowest BCUT2D eigenvalue weighted by molar-refractivity contribution is -0.120. The van der Waals surface area contributed by atoms with Crippen molar-refractivity contribution in [3.8, 4) is 0 Å². The van der Waals surface area contributed by atoms with E-state index in [1.165, 1.54) is 0 Å². The summed E-state index contributed by atoms with van der Waals surface area (Å²) in [6, 6.07) is 13.4. The fourth-order valence-corrected chi connectivity index (χ4v) is 3.54. The number of carbonyl (C=O) groups is 2. The standard InChI is InChI=1S/C19H22N2O4S/c1-14-3-9-17(10-4-14)26(24,25)12-11-18(22)21-13-15-5-7-16(8-6-15)19(23)20-2/h3-10H,11-13H2,1-2H3,(H,20,23)(H,21,22). The molecule has 0 bridgehead atoms. The minimum atomic E-state index is -3.48. The van der Waals surface area contributed by atoms with E-state index in [0.717, 1.165) is 11.1 Å². The van der Waals surface area contributed by atoms with Gasteiger partial charge >= 0.3 is 0 Å². The van der Waals surface area contributed by atoms with Crippen LogP contribution in [0.1, 0.15) is 27.9 Å². The highest BCUT2D eigenvalue weighted by Crippen LogP contribution is 2.13. The Morgan fingerprint density at radius 1 is 0.962 bits per heavy atom. The van der Waals surface area contributed by atoms with Gasteiger partial charge in [-0.15, -0.1) is 0 Å². The highest BCUT2D eigenvalue weighted by Gasteiger charge is 2.16. The van der Waals surface area contributed by atoms with E-state index in [2.05, 4.69) is 10.6 Å². The van der Waals surface area contributed by atoms with Crippen LogP contribution >= 0.6 is 0 Å². The van der Waals surface area contributed by atoms with Gasteiger partial charge in [-0.2, -0.15) is 0 Å². The number of hydrogen-bond acceptors (Lipinski definition) is 4. The SMILES string of the molecule is CNC(=O)c1ccc(CNC(=O)CCS(=O)(=O)c2ccc(C)cc2)cc1. The van der Waals surface area contributed by atoms with Gasteiger partial charge in [0.2, 0.25) is 5.91 Å². The predicted molar refractivity (Wildman–Crippen MR) is 99.5 cm³/mol. The lowest BCUT2D eigenvalue weighted by Gasteiger charge is -2.07. The smallest absolute Gasteiger partial charge is 0.251 e. The second-order valence-electron chi connectivity index (χ2n) is 5.93. The first-order valence-corrected chi connectivity index (χ1v) is 9.84. The molecule has 0 saturated heterocycles. The average molecular weight is 374 g/mol. The third-order valence-electron chi connectivity index (χ3n) is 3.91. The maximum absolute atomic E-state index is 12.2. The van der Waals surface area contributed by atoms with Crippen molar-refractivity contribution >= 4 is 21.7 Å². The second-order valence-corrected chi connectivity index (χ2v) is 8.04. The zero-order valence-corrected chi connectivity index (χ0v) is 15.6. The van der Waals surface area contributed by atoms with Crippen LogP contribution in [0.5, 0.6) is 0 Å². The predicted octanol–water partition coefficient (Wildman–Crippen LogP) is 1.83. The quantitative estimate of drug-likeness (QED) is 0.773. The summed E-state index contributed by atoms with van der Waals surface area (Å²) in [5.41, 5.74) is 2.34. The van der Waals surface area contributed by atoms with E-state index in [9.17, 15) is 18.0 Å². The van der Waals surface area contributed by atoms with Gasteiger partial charge in [-0.1, -0.05) is 29.8 Å². The Labute approximate surface area is 153 Å². The van der Waals surface area contributed by atoms with E-state index < -0.39 is 9.84 Å². The van der Waals surface area contributed by atoms with Gasteiger partial charge in [-0.25, -0.2) is 8.42 Å². The van der Waals surface area contributed by atoms with E-state index >= 15 is 0 Å². The first-order chi connectivity index (χ1) is 12.3. The molecular weight excluding hydrogens is 352 g/mol. The molecule has 2 aromatic carbocycles. The van der Waals surface area contributed by atoms with Gasteiger partial charge < -0.3 is 10.6 Å². The molecule has 0 heterocycles. The molecular formula is C19H22N2O4S. The Kier molecular flexibility index (Phi) is 6.52. The average Bonchev–Trinajstić information content (AvgIpc) is 2.65. The summed E-state index contributed by atoms with van der Waals surface area (Å²) in [4.78, 5) is 23.6. The maximum Gasteiger partial charge on any atom is 0.251 e. The summed E-state index contributed by atoms with van der Waals surface area (Å²) in [5, 5.41) is 5.22. The van der Waals surface area contributed by atoms with Gasteiger partial charge in [0.15, 0.2) is 9.84 Å². The highest BCUT2D eigenvalue weighted by atomic mass is 32.2. The van der Waals surface area contributed by atoms with E-state index in [1.807, 2.05) is 6.92 Å². The summed E-state index contributed by atoms with van der Waals surface area (Å²) in [7, 11) is -1.92. The van der Waals surface area contributed by atoms with Gasteiger partial charge in [0.05, 0.1) is 10.6 Å². The van der Waals surface area contributed by atoms with E-state index in [4.69, 9.17) is 0 Å². The molecule has 0 aromatic heterocycles. The van der Waals surface area contributed by atoms with Crippen LogP contribution in [-0.2, 0) is 21.2 Å². The minimum Gasteiger partial charge on any atom is -0.355 e. The molecule has 0 saturated carbocycles. The van der Waals surface area contributed by atoms with Gasteiger partial charge in [0, 0.05) is 25.6 Å². The first kappa shape index (κ1) is 19.7. The molecule has 0 fully saturated rings. The fraction of sp³-hybridized carbons (Fsp3) is 0.263. The topological polar surface area (TPSA) is 92.3 Å². The lowest BCUT2D eigenvalue weighted by atomic mass is 10.1. The number of rotatable bonds is 7. The zero-order chi connectivity index (χ0) is 19.2. The molecule has 0 aliphatic carbocycles. The molecule has 2 amide bonds. The largest absolute Gasteiger partial charge is 0.355 e. The third kappa shape index (κ3) is 5.42. The Morgan fingerprint density at radius 3 is 2.15 bits per heavy atom. The molecule has 0 atom stereocenters. The minimum absolute atomic E-state index is 0.105. The van der Waals surface area contributed by atoms with Crippen molar-refractivity contribution in [3.05, 3.63) is 65.2 Å². The van der Waals surface area contributed by atoms with Crippen molar-refractivity contribution in [1.29, 1.82) is 0 Å². The van der Waals surface area contributed by atoms with Crippen LogP contribution in [-0.4, -0.2) is 33.0 Å². The number of benzene rings is 2. The van der Waals surface area contributed by atoms with Crippen molar-refractivity contribution in [2.75, 3.05) is 12.8 Å². The van der Waals surface area contributed by atoms with Crippen LogP contribution in [0, 0.1) is 6.92 Å². The van der Waals surface area contributed by atoms with Crippen molar-refractivity contribution < 1.29 is 18.0 Å². The summed E-state index contributed by atoms with van der Waals surface area (Å²) < 4.78 is 24.5. The lowest BCUT2D eigenvalue weighted by Crippen LogP contribution is -2.25. The van der Waals surface area contributed by atoms with Crippen molar-refractivity contribution in [2.24, 2.45) is 0 Å². The summed E-state index contributed by atoms with van der Waals surface area (Å²) >= 11 is 0. The zero-order valence-electron chi connectivity index (χ0n) is 14.8. The van der Waals surface area contributed by atoms with Crippen LogP contribution in [0.2, 0.25) is 0 Å². The summed E-state index contributed by atoms with van der Waals surface area (Å²) in [5.74, 6) is -0.754. The van der Waals surface area contributed by atoms with Crippen LogP contribution in [0.15, 0.2) is 53.4 Å². The Morgan fingerprint density at radius 2 is 1.58 bits per heavy atom. The molecule has 138 valence electrons. The Balaban J connectivity index is 1.85. The Hall–Kier alpha value is -2.67. The molecule has 0 unspecified atom stereocenters. The molecule has 7 heteroatoms. The molecule has 2 rings (SSSR count). The monoisotopic (exact) mass is 374 g/mol. The number of sulfone groups is 1. The van der Waals surface area contributed by atoms with E-state index in [0.29, 0.717) is 5.56 Å². The van der Waals surface area contributed by atoms with E-state index in [-0.39, 0.29) is 35.4 Å². The van der Waals surface area contributed by atoms with Crippen molar-refractivity contribution in [3.63, 3.8) is 0 Å². The van der Waals surface area contributed by atoms with Crippen LogP contribution in [0.3, 0.4) is 0 Å². The number of nitrogens with one attached hydrogen (secondary N) is 2. The van der Waals surface area contributed by atoms with Gasteiger partial charge in [-0.3, -0.25) is 9.59 Å². The first-order valence-electron chi connectivity index (χ1n) is 8.19. The summed E-state index contributed by atoms with van der Waals surface area (Å²) in [6.07, 6.45) is -0.105. The van der Waals surface area contributed by atoms with Crippen LogP contribution in [0.4, 0.5) is 0 Å². The molecule has 6 nitrogen and oxygen atoms in total. The van der Waals surface area contributed by atoms with Gasteiger partial charge in [-0.05, 0) is 36.8 Å². The second kappa shape index (κ2) is 8.62. The number of hydrogen-bond donors (Lipinski definition) is 2. The molecule has 2 N–H and O–H groups in total. The maximum atomic E-state index is 12.2. The van der Waals surface area contributed by atoms with Crippen molar-refractivity contribution in [2.45, 2.75) is 24.8 Å². The molecule has 0 spiro atoms. The molecule has 0 radical (unpaired) electrons. The Bertz CT molecular complexity index is 873.